The van der Waals surface area contributed by atoms with Crippen LogP contribution in [0.3, 0.4) is 0 Å². The lowest BCUT2D eigenvalue weighted by Crippen LogP contribution is -2.29. The van der Waals surface area contributed by atoms with Crippen LogP contribution in [0.5, 0.6) is 5.75 Å². The number of aromatic nitrogens is 1. The van der Waals surface area contributed by atoms with E-state index in [0.717, 1.165) is 40.2 Å². The number of nitrogens with zero attached hydrogens (tertiary/aromatic N) is 2. The average molecular weight is 401 g/mol. The van der Waals surface area contributed by atoms with Gasteiger partial charge >= 0.3 is 0 Å². The summed E-state index contributed by atoms with van der Waals surface area (Å²) in [5.41, 5.74) is 4.00. The van der Waals surface area contributed by atoms with Gasteiger partial charge in [0.25, 0.3) is 11.1 Å². The van der Waals surface area contributed by atoms with Crippen molar-refractivity contribution < 1.29 is 19.1 Å². The van der Waals surface area contributed by atoms with E-state index in [1.807, 2.05) is 50.3 Å². The van der Waals surface area contributed by atoms with Crippen molar-refractivity contribution in [2.24, 2.45) is 0 Å². The number of carbonyl (C=O) groups excluding carboxylic acids is 2. The number of hydrogen-bond acceptors (Lipinski definition) is 5. The summed E-state index contributed by atoms with van der Waals surface area (Å²) in [4.78, 5) is 26.5. The molecule has 0 radical (unpaired) electrons. The Morgan fingerprint density at radius 1 is 1.11 bits per heavy atom. The lowest BCUT2D eigenvalue weighted by molar-refractivity contribution is -0.122. The first-order valence-electron chi connectivity index (χ1n) is 9.04. The molecule has 0 spiro atoms. The second kappa shape index (κ2) is 8.67. The van der Waals surface area contributed by atoms with Gasteiger partial charge in [-0.3, -0.25) is 14.5 Å². The molecule has 0 unspecified atom stereocenters. The van der Waals surface area contributed by atoms with E-state index in [2.05, 4.69) is 4.57 Å². The Morgan fingerprint density at radius 3 is 2.46 bits per heavy atom. The lowest BCUT2D eigenvalue weighted by Gasteiger charge is -2.11. The van der Waals surface area contributed by atoms with Gasteiger partial charge in [0.15, 0.2) is 0 Å². The molecule has 2 amide bonds. The van der Waals surface area contributed by atoms with Gasteiger partial charge in [0.05, 0.1) is 12.0 Å². The number of carbonyl (C=O) groups is 2. The monoisotopic (exact) mass is 400 g/mol. The molecule has 148 valence electrons. The maximum atomic E-state index is 12.6. The van der Waals surface area contributed by atoms with Crippen LogP contribution in [0.4, 0.5) is 4.79 Å². The molecule has 1 aromatic carbocycles. The zero-order chi connectivity index (χ0) is 20.3. The number of methoxy groups -OCH3 is 2. The molecule has 1 saturated heterocycles. The predicted octanol–water partition coefficient (Wildman–Crippen LogP) is 4.18. The SMILES string of the molecule is COCCCN1C(=O)S/C(=C\c2cc(C)n(-c3ccc(OC)cc3)c2C)C1=O. The molecule has 1 fully saturated rings. The average Bonchev–Trinajstić information content (AvgIpc) is 3.11. The maximum absolute atomic E-state index is 12.6. The van der Waals surface area contributed by atoms with Crippen LogP contribution in [0.2, 0.25) is 0 Å². The normalized spacial score (nSPS) is 15.7. The summed E-state index contributed by atoms with van der Waals surface area (Å²) in [7, 11) is 3.24. The first-order valence-corrected chi connectivity index (χ1v) is 9.85. The third kappa shape index (κ3) is 4.00. The van der Waals surface area contributed by atoms with Crippen molar-refractivity contribution in [2.75, 3.05) is 27.4 Å². The van der Waals surface area contributed by atoms with Gasteiger partial charge in [-0.05, 0) is 74.0 Å². The molecule has 2 aromatic rings. The Kier molecular flexibility index (Phi) is 6.26. The summed E-state index contributed by atoms with van der Waals surface area (Å²) < 4.78 is 12.3. The molecule has 3 rings (SSSR count). The van der Waals surface area contributed by atoms with Gasteiger partial charge in [-0.2, -0.15) is 0 Å². The highest BCUT2D eigenvalue weighted by Crippen LogP contribution is 2.34. The number of thioether (sulfide) groups is 1. The van der Waals surface area contributed by atoms with Gasteiger partial charge in [-0.15, -0.1) is 0 Å². The van der Waals surface area contributed by atoms with E-state index in [0.29, 0.717) is 24.5 Å². The molecule has 0 bridgehead atoms. The zero-order valence-corrected chi connectivity index (χ0v) is 17.3. The van der Waals surface area contributed by atoms with Crippen LogP contribution < -0.4 is 4.74 Å². The summed E-state index contributed by atoms with van der Waals surface area (Å²) in [5.74, 6) is 0.564. The van der Waals surface area contributed by atoms with Crippen LogP contribution in [0.15, 0.2) is 35.2 Å². The Hall–Kier alpha value is -2.51. The highest BCUT2D eigenvalue weighted by atomic mass is 32.2. The van der Waals surface area contributed by atoms with Crippen molar-refractivity contribution in [1.29, 1.82) is 0 Å². The quantitative estimate of drug-likeness (QED) is 0.516. The first kappa shape index (κ1) is 20.2. The second-order valence-corrected chi connectivity index (χ2v) is 7.53. The molecule has 1 aliphatic heterocycles. The molecule has 28 heavy (non-hydrogen) atoms. The largest absolute Gasteiger partial charge is 0.497 e. The summed E-state index contributed by atoms with van der Waals surface area (Å²) in [6, 6.07) is 9.84. The molecule has 1 aliphatic rings. The molecule has 0 N–H and O–H groups in total. The van der Waals surface area contributed by atoms with Crippen molar-refractivity contribution in [3.8, 4) is 11.4 Å². The van der Waals surface area contributed by atoms with E-state index in [1.165, 1.54) is 4.90 Å². The maximum Gasteiger partial charge on any atom is 0.293 e. The number of rotatable bonds is 7. The summed E-state index contributed by atoms with van der Waals surface area (Å²) in [6.45, 7) is 4.92. The summed E-state index contributed by atoms with van der Waals surface area (Å²) in [5, 5.41) is -0.226. The van der Waals surface area contributed by atoms with Crippen molar-refractivity contribution >= 4 is 29.0 Å². The number of imide groups is 1. The van der Waals surface area contributed by atoms with Crippen LogP contribution in [0.1, 0.15) is 23.4 Å². The van der Waals surface area contributed by atoms with Crippen LogP contribution in [0, 0.1) is 13.8 Å². The second-order valence-electron chi connectivity index (χ2n) is 6.54. The third-order valence-electron chi connectivity index (χ3n) is 4.69. The molecular weight excluding hydrogens is 376 g/mol. The van der Waals surface area contributed by atoms with Gasteiger partial charge in [0.2, 0.25) is 0 Å². The minimum Gasteiger partial charge on any atom is -0.497 e. The molecule has 0 atom stereocenters. The number of amides is 2. The standard InChI is InChI=1S/C21H24N2O4S/c1-14-12-16(15(2)23(14)17-6-8-18(27-4)9-7-17)13-19-20(24)22(21(25)28-19)10-5-11-26-3/h6-9,12-13H,5,10-11H2,1-4H3/b19-13-. The Bertz CT molecular complexity index is 915. The van der Waals surface area contributed by atoms with Crippen LogP contribution in [0.25, 0.3) is 11.8 Å². The van der Waals surface area contributed by atoms with E-state index in [9.17, 15) is 9.59 Å². The number of ether oxygens (including phenoxy) is 2. The van der Waals surface area contributed by atoms with E-state index < -0.39 is 0 Å². The molecule has 2 heterocycles. The zero-order valence-electron chi connectivity index (χ0n) is 16.5. The van der Waals surface area contributed by atoms with Gasteiger partial charge in [0.1, 0.15) is 5.75 Å². The minimum atomic E-state index is -0.236. The number of aryl methyl sites for hydroxylation is 1. The first-order chi connectivity index (χ1) is 13.5. The molecular formula is C21H24N2O4S. The van der Waals surface area contributed by atoms with Crippen molar-refractivity contribution in [3.63, 3.8) is 0 Å². The van der Waals surface area contributed by atoms with Crippen LogP contribution >= 0.6 is 11.8 Å². The fraction of sp³-hybridized carbons (Fsp3) is 0.333. The molecule has 0 aliphatic carbocycles. The predicted molar refractivity (Wildman–Crippen MR) is 111 cm³/mol. The molecule has 6 nitrogen and oxygen atoms in total. The Labute approximate surface area is 169 Å². The van der Waals surface area contributed by atoms with Gasteiger partial charge in [-0.25, -0.2) is 0 Å². The third-order valence-corrected chi connectivity index (χ3v) is 5.60. The molecule has 0 saturated carbocycles. The fourth-order valence-corrected chi connectivity index (χ4v) is 4.12. The highest BCUT2D eigenvalue weighted by Gasteiger charge is 2.34. The van der Waals surface area contributed by atoms with E-state index in [1.54, 1.807) is 14.2 Å². The smallest absolute Gasteiger partial charge is 0.293 e. The van der Waals surface area contributed by atoms with Gasteiger partial charge in [0, 0.05) is 37.3 Å². The van der Waals surface area contributed by atoms with Gasteiger partial charge < -0.3 is 14.0 Å². The van der Waals surface area contributed by atoms with Gasteiger partial charge in [-0.1, -0.05) is 0 Å². The van der Waals surface area contributed by atoms with Crippen LogP contribution in [-0.2, 0) is 9.53 Å². The van der Waals surface area contributed by atoms with Crippen molar-refractivity contribution in [1.82, 2.24) is 9.47 Å². The van der Waals surface area contributed by atoms with E-state index in [-0.39, 0.29) is 11.1 Å². The number of hydrogen-bond donors (Lipinski definition) is 0. The van der Waals surface area contributed by atoms with Crippen LogP contribution in [-0.4, -0.2) is 48.0 Å². The number of benzene rings is 1. The van der Waals surface area contributed by atoms with E-state index in [4.69, 9.17) is 9.47 Å². The molecule has 1 aromatic heterocycles. The topological polar surface area (TPSA) is 60.8 Å². The fourth-order valence-electron chi connectivity index (χ4n) is 3.26. The van der Waals surface area contributed by atoms with Crippen molar-refractivity contribution in [2.45, 2.75) is 20.3 Å². The summed E-state index contributed by atoms with van der Waals surface area (Å²) >= 11 is 0.991. The Balaban J connectivity index is 1.86. The lowest BCUT2D eigenvalue weighted by atomic mass is 10.2. The highest BCUT2D eigenvalue weighted by molar-refractivity contribution is 8.18. The Morgan fingerprint density at radius 2 is 1.82 bits per heavy atom. The minimum absolute atomic E-state index is 0.226. The van der Waals surface area contributed by atoms with E-state index >= 15 is 0 Å². The summed E-state index contributed by atoms with van der Waals surface area (Å²) in [6.07, 6.45) is 2.44. The molecule has 7 heteroatoms. The van der Waals surface area contributed by atoms with Crippen molar-refractivity contribution in [3.05, 3.63) is 52.2 Å².